The van der Waals surface area contributed by atoms with E-state index in [-0.39, 0.29) is 11.1 Å². The Morgan fingerprint density at radius 2 is 2.03 bits per heavy atom. The number of hydrogen-bond acceptors (Lipinski definition) is 8. The van der Waals surface area contributed by atoms with E-state index in [0.717, 1.165) is 80.8 Å². The van der Waals surface area contributed by atoms with Crippen LogP contribution in [0.15, 0.2) is 15.7 Å². The van der Waals surface area contributed by atoms with E-state index < -0.39 is 0 Å². The molecule has 2 aromatic heterocycles. The second-order valence-corrected chi connectivity index (χ2v) is 10.2. The van der Waals surface area contributed by atoms with Crippen molar-refractivity contribution in [3.05, 3.63) is 17.1 Å². The molecule has 2 unspecified atom stereocenters. The van der Waals surface area contributed by atoms with Gasteiger partial charge in [-0.1, -0.05) is 20.8 Å². The predicted octanol–water partition coefficient (Wildman–Crippen LogP) is 1.90. The zero-order valence-electron chi connectivity index (χ0n) is 19.8. The molecule has 1 saturated carbocycles. The molecule has 3 aliphatic rings. The van der Waals surface area contributed by atoms with Gasteiger partial charge in [0.1, 0.15) is 17.5 Å². The molecule has 2 aliphatic heterocycles. The second kappa shape index (κ2) is 8.39. The Morgan fingerprint density at radius 1 is 1.22 bits per heavy atom. The fraction of sp³-hybridized carbons (Fsp3) is 0.708. The van der Waals surface area contributed by atoms with Gasteiger partial charge >= 0.3 is 0 Å². The summed E-state index contributed by atoms with van der Waals surface area (Å²) >= 11 is 0. The topological polar surface area (TPSA) is 87.8 Å². The van der Waals surface area contributed by atoms with Gasteiger partial charge in [-0.15, -0.1) is 0 Å². The first-order valence-corrected chi connectivity index (χ1v) is 12.1. The standard InChI is InChI=1S/C24H36N6O2/c1-5-24(25-4)17-6-7-23(2,3)14-16(17)18-19-20(32-22(18)29-24)21(28-15-27-19)26-8-9-30-10-12-31-13-11-30/h15,17,25H,5-14H2,1-4H3,(H,26,27,28). The smallest absolute Gasteiger partial charge is 0.226 e. The third-order valence-electron chi connectivity index (χ3n) is 7.65. The highest BCUT2D eigenvalue weighted by Gasteiger charge is 2.46. The van der Waals surface area contributed by atoms with Crippen LogP contribution >= 0.6 is 0 Å². The Balaban J connectivity index is 1.56. The Morgan fingerprint density at radius 3 is 2.78 bits per heavy atom. The summed E-state index contributed by atoms with van der Waals surface area (Å²) in [6.07, 6.45) is 5.95. The summed E-state index contributed by atoms with van der Waals surface area (Å²) in [5.74, 6) is 1.12. The molecule has 2 aromatic rings. The first kappa shape index (κ1) is 21.8. The van der Waals surface area contributed by atoms with Gasteiger partial charge in [0.05, 0.1) is 18.4 Å². The molecule has 2 N–H and O–H groups in total. The largest absolute Gasteiger partial charge is 0.432 e. The summed E-state index contributed by atoms with van der Waals surface area (Å²) in [6.45, 7) is 12.3. The second-order valence-electron chi connectivity index (χ2n) is 10.2. The Labute approximate surface area is 189 Å². The normalized spacial score (nSPS) is 27.6. The van der Waals surface area contributed by atoms with Crippen molar-refractivity contribution in [1.29, 1.82) is 0 Å². The summed E-state index contributed by atoms with van der Waals surface area (Å²) in [4.78, 5) is 16.8. The van der Waals surface area contributed by atoms with Crippen molar-refractivity contribution in [2.24, 2.45) is 16.3 Å². The van der Waals surface area contributed by atoms with E-state index in [1.54, 1.807) is 6.33 Å². The SMILES string of the molecule is CCC1(NC)N=c2oc3c(NCCN4CCOCC4)ncnc3c2=C2CC(C)(C)CCC21. The third-order valence-corrected chi connectivity index (χ3v) is 7.65. The lowest BCUT2D eigenvalue weighted by Crippen LogP contribution is -2.56. The van der Waals surface area contributed by atoms with Crippen LogP contribution in [0, 0.1) is 11.3 Å². The van der Waals surface area contributed by atoms with Crippen LogP contribution in [0.5, 0.6) is 0 Å². The van der Waals surface area contributed by atoms with E-state index in [2.05, 4.69) is 46.3 Å². The Hall–Kier alpha value is -2.03. The molecule has 32 heavy (non-hydrogen) atoms. The van der Waals surface area contributed by atoms with Crippen molar-refractivity contribution in [3.8, 4) is 0 Å². The number of fused-ring (bicyclic) bond motifs is 4. The molecule has 1 saturated heterocycles. The molecule has 0 aromatic carbocycles. The molecule has 0 radical (unpaired) electrons. The van der Waals surface area contributed by atoms with Crippen LogP contribution in [0.1, 0.15) is 46.5 Å². The lowest BCUT2D eigenvalue weighted by atomic mass is 9.65. The minimum Gasteiger partial charge on any atom is -0.432 e. The van der Waals surface area contributed by atoms with Crippen LogP contribution in [-0.4, -0.2) is 67.0 Å². The number of nitrogens with zero attached hydrogens (tertiary/aromatic N) is 4. The number of anilines is 1. The van der Waals surface area contributed by atoms with Gasteiger partial charge in [-0.25, -0.2) is 15.0 Å². The van der Waals surface area contributed by atoms with Gasteiger partial charge in [0.2, 0.25) is 5.55 Å². The zero-order chi connectivity index (χ0) is 22.3. The average molecular weight is 441 g/mol. The highest BCUT2D eigenvalue weighted by atomic mass is 16.5. The number of nitrogens with one attached hydrogen (secondary N) is 2. The molecule has 0 spiro atoms. The summed E-state index contributed by atoms with van der Waals surface area (Å²) in [6, 6.07) is 0. The van der Waals surface area contributed by atoms with Gasteiger partial charge in [0.25, 0.3) is 0 Å². The van der Waals surface area contributed by atoms with Crippen LogP contribution in [0.2, 0.25) is 0 Å². The predicted molar refractivity (Wildman–Crippen MR) is 125 cm³/mol. The number of ether oxygens (including phenoxy) is 1. The van der Waals surface area contributed by atoms with Crippen molar-refractivity contribution in [3.63, 3.8) is 0 Å². The molecule has 8 nitrogen and oxygen atoms in total. The monoisotopic (exact) mass is 440 g/mol. The van der Waals surface area contributed by atoms with Gasteiger partial charge in [0.15, 0.2) is 11.4 Å². The minimum atomic E-state index is -0.315. The molecule has 174 valence electrons. The van der Waals surface area contributed by atoms with Crippen molar-refractivity contribution in [2.75, 3.05) is 51.8 Å². The van der Waals surface area contributed by atoms with E-state index in [1.165, 1.54) is 12.0 Å². The summed E-state index contributed by atoms with van der Waals surface area (Å²) < 4.78 is 11.8. The molecule has 0 bridgehead atoms. The van der Waals surface area contributed by atoms with E-state index in [4.69, 9.17) is 14.1 Å². The summed E-state index contributed by atoms with van der Waals surface area (Å²) in [5, 5.41) is 8.14. The van der Waals surface area contributed by atoms with Gasteiger partial charge in [-0.05, 0) is 43.7 Å². The van der Waals surface area contributed by atoms with Crippen LogP contribution < -0.4 is 21.4 Å². The fourth-order valence-corrected chi connectivity index (χ4v) is 5.77. The molecule has 0 amide bonds. The lowest BCUT2D eigenvalue weighted by molar-refractivity contribution is 0.0398. The number of furan rings is 1. The molecule has 1 aliphatic carbocycles. The summed E-state index contributed by atoms with van der Waals surface area (Å²) in [7, 11) is 2.02. The van der Waals surface area contributed by atoms with E-state index in [0.29, 0.717) is 11.5 Å². The van der Waals surface area contributed by atoms with Crippen LogP contribution in [0.3, 0.4) is 0 Å². The molecule has 2 atom stereocenters. The van der Waals surface area contributed by atoms with E-state index >= 15 is 0 Å². The minimum absolute atomic E-state index is 0.267. The molecule has 2 fully saturated rings. The van der Waals surface area contributed by atoms with Gasteiger partial charge < -0.3 is 14.5 Å². The number of hydrogen-bond donors (Lipinski definition) is 2. The lowest BCUT2D eigenvalue weighted by Gasteiger charge is -2.46. The van der Waals surface area contributed by atoms with Gasteiger partial charge in [-0.2, -0.15) is 0 Å². The molecule has 5 rings (SSSR count). The van der Waals surface area contributed by atoms with Crippen LogP contribution in [-0.2, 0) is 4.74 Å². The van der Waals surface area contributed by atoms with Crippen molar-refractivity contribution >= 4 is 22.5 Å². The molecule has 8 heteroatoms. The number of morpholine rings is 1. The highest BCUT2D eigenvalue weighted by Crippen LogP contribution is 2.48. The van der Waals surface area contributed by atoms with Crippen LogP contribution in [0.25, 0.3) is 16.7 Å². The van der Waals surface area contributed by atoms with E-state index in [1.807, 2.05) is 7.05 Å². The summed E-state index contributed by atoms with van der Waals surface area (Å²) in [5.41, 5.74) is 3.72. The molecular formula is C24H36N6O2. The maximum absolute atomic E-state index is 6.39. The van der Waals surface area contributed by atoms with Crippen LogP contribution in [0.4, 0.5) is 5.82 Å². The van der Waals surface area contributed by atoms with Gasteiger partial charge in [-0.3, -0.25) is 10.2 Å². The van der Waals surface area contributed by atoms with Crippen molar-refractivity contribution in [1.82, 2.24) is 20.2 Å². The van der Waals surface area contributed by atoms with Crippen molar-refractivity contribution < 1.29 is 9.15 Å². The Kier molecular flexibility index (Phi) is 5.72. The van der Waals surface area contributed by atoms with Crippen molar-refractivity contribution in [2.45, 2.75) is 52.1 Å². The fourth-order valence-electron chi connectivity index (χ4n) is 5.77. The molecular weight excluding hydrogens is 404 g/mol. The quantitative estimate of drug-likeness (QED) is 0.709. The first-order chi connectivity index (χ1) is 15.5. The highest BCUT2D eigenvalue weighted by molar-refractivity contribution is 5.85. The number of rotatable bonds is 6. The van der Waals surface area contributed by atoms with Gasteiger partial charge in [0, 0.05) is 32.1 Å². The Bertz CT molecular complexity index is 1100. The maximum Gasteiger partial charge on any atom is 0.226 e. The first-order valence-electron chi connectivity index (χ1n) is 12.1. The zero-order valence-corrected chi connectivity index (χ0v) is 19.8. The maximum atomic E-state index is 6.39. The molecule has 4 heterocycles. The van der Waals surface area contributed by atoms with E-state index in [9.17, 15) is 0 Å². The average Bonchev–Trinajstić information content (AvgIpc) is 3.17. The third kappa shape index (κ3) is 3.72. The number of aromatic nitrogens is 2.